The molecule has 2 aliphatic heterocycles. The summed E-state index contributed by atoms with van der Waals surface area (Å²) in [6, 6.07) is 18.2. The number of carbonyl (C=O) groups excluding carboxylic acids is 1. The Morgan fingerprint density at radius 3 is 2.52 bits per heavy atom. The van der Waals surface area contributed by atoms with Gasteiger partial charge in [-0.25, -0.2) is 4.59 Å². The Bertz CT molecular complexity index is 885. The van der Waals surface area contributed by atoms with Gasteiger partial charge in [0.05, 0.1) is 25.4 Å². The lowest BCUT2D eigenvalue weighted by Crippen LogP contribution is -2.67. The number of benzene rings is 2. The van der Waals surface area contributed by atoms with Crippen molar-refractivity contribution in [3.05, 3.63) is 65.7 Å². The number of para-hydroxylation sites is 1. The predicted octanol–water partition coefficient (Wildman–Crippen LogP) is 1.78. The number of β-amino-alcohol motifs (C(OH)–C–C–N with tert-alkyl or cyclic N) is 1. The van der Waals surface area contributed by atoms with Crippen LogP contribution in [-0.2, 0) is 4.74 Å². The lowest BCUT2D eigenvalue weighted by Gasteiger charge is -2.49. The number of likely N-dealkylation sites (N-methyl/N-ethyl adjacent to an activating group) is 1. The first-order valence-electron chi connectivity index (χ1n) is 11.0. The highest BCUT2D eigenvalue weighted by atomic mass is 16.5. The maximum absolute atomic E-state index is 12.3. The van der Waals surface area contributed by atoms with Gasteiger partial charge in [-0.05, 0) is 18.1 Å². The van der Waals surface area contributed by atoms with Crippen LogP contribution in [0, 0.1) is 0 Å². The molecule has 0 radical (unpaired) electrons. The van der Waals surface area contributed by atoms with E-state index >= 15 is 0 Å². The van der Waals surface area contributed by atoms with E-state index in [0.29, 0.717) is 29.9 Å². The van der Waals surface area contributed by atoms with Gasteiger partial charge in [0.1, 0.15) is 18.7 Å². The number of ether oxygens (including phenoxy) is 1. The maximum atomic E-state index is 12.3. The fourth-order valence-corrected chi connectivity index (χ4v) is 5.02. The SMILES string of the molecule is CN([C@H](CN1CC[C@H](O)C1)c1ccccc1)[N+]1(c2ccccc2C(N)=O)CCOCC1. The van der Waals surface area contributed by atoms with E-state index in [9.17, 15) is 9.90 Å². The van der Waals surface area contributed by atoms with Crippen molar-refractivity contribution >= 4 is 11.6 Å². The average Bonchev–Trinajstić information content (AvgIpc) is 3.22. The molecule has 2 fully saturated rings. The molecule has 7 heteroatoms. The number of hydrogen-bond acceptors (Lipinski definition) is 5. The number of hydrogen-bond donors (Lipinski definition) is 2. The van der Waals surface area contributed by atoms with Gasteiger partial charge in [-0.15, -0.1) is 5.01 Å². The lowest BCUT2D eigenvalue weighted by atomic mass is 10.0. The molecule has 1 amide bonds. The summed E-state index contributed by atoms with van der Waals surface area (Å²) in [5, 5.41) is 12.4. The number of nitrogens with zero attached hydrogens (tertiary/aromatic N) is 3. The number of rotatable bonds is 7. The minimum Gasteiger partial charge on any atom is -0.392 e. The molecule has 31 heavy (non-hydrogen) atoms. The second-order valence-corrected chi connectivity index (χ2v) is 8.57. The third-order valence-electron chi connectivity index (χ3n) is 6.75. The van der Waals surface area contributed by atoms with Gasteiger partial charge in [0, 0.05) is 32.7 Å². The number of amides is 1. The minimum atomic E-state index is -0.410. The summed E-state index contributed by atoms with van der Waals surface area (Å²) >= 11 is 0. The van der Waals surface area contributed by atoms with E-state index in [1.807, 2.05) is 30.3 Å². The number of carbonyl (C=O) groups is 1. The fraction of sp³-hybridized carbons (Fsp3) is 0.458. The minimum absolute atomic E-state index is 0.0746. The van der Waals surface area contributed by atoms with E-state index in [-0.39, 0.29) is 12.1 Å². The summed E-state index contributed by atoms with van der Waals surface area (Å²) in [7, 11) is 2.13. The van der Waals surface area contributed by atoms with E-state index in [4.69, 9.17) is 10.5 Å². The highest BCUT2D eigenvalue weighted by molar-refractivity contribution is 5.98. The van der Waals surface area contributed by atoms with Crippen molar-refractivity contribution in [3.63, 3.8) is 0 Å². The Balaban J connectivity index is 1.76. The summed E-state index contributed by atoms with van der Waals surface area (Å²) in [4.78, 5) is 14.6. The molecule has 7 nitrogen and oxygen atoms in total. The van der Waals surface area contributed by atoms with Crippen molar-refractivity contribution in [2.24, 2.45) is 5.73 Å². The fourth-order valence-electron chi connectivity index (χ4n) is 5.02. The standard InChI is InChI=1S/C24H32N4O3/c1-26(22(19-7-3-2-4-8-19)18-27-12-11-20(29)17-27)28(13-15-31-16-14-28)23-10-6-5-9-21(23)24(25)30/h2-10,20,22,29H,11-18H2,1H3,(H-,25,30)/p+1/t20-,22+/m0/s1. The van der Waals surface area contributed by atoms with Crippen LogP contribution in [0.15, 0.2) is 54.6 Å². The molecule has 2 saturated heterocycles. The number of aliphatic hydroxyl groups is 1. The van der Waals surface area contributed by atoms with Crippen molar-refractivity contribution in [1.29, 1.82) is 0 Å². The summed E-state index contributed by atoms with van der Waals surface area (Å²) in [6.45, 7) is 5.07. The molecule has 2 aliphatic rings. The van der Waals surface area contributed by atoms with Crippen LogP contribution in [-0.4, -0.2) is 80.0 Å². The van der Waals surface area contributed by atoms with Crippen LogP contribution >= 0.6 is 0 Å². The Morgan fingerprint density at radius 1 is 1.19 bits per heavy atom. The zero-order valence-corrected chi connectivity index (χ0v) is 18.2. The van der Waals surface area contributed by atoms with E-state index in [2.05, 4.69) is 41.2 Å². The van der Waals surface area contributed by atoms with Gasteiger partial charge < -0.3 is 15.6 Å². The predicted molar refractivity (Wildman–Crippen MR) is 121 cm³/mol. The van der Waals surface area contributed by atoms with Crippen molar-refractivity contribution in [3.8, 4) is 0 Å². The number of likely N-dealkylation sites (tertiary alicyclic amines) is 1. The van der Waals surface area contributed by atoms with Crippen LogP contribution in [0.3, 0.4) is 0 Å². The van der Waals surface area contributed by atoms with Crippen LogP contribution < -0.4 is 10.3 Å². The van der Waals surface area contributed by atoms with Crippen LogP contribution in [0.2, 0.25) is 0 Å². The van der Waals surface area contributed by atoms with E-state index < -0.39 is 5.91 Å². The first kappa shape index (κ1) is 21.9. The second-order valence-electron chi connectivity index (χ2n) is 8.57. The highest BCUT2D eigenvalue weighted by Crippen LogP contribution is 2.36. The summed E-state index contributed by atoms with van der Waals surface area (Å²) in [5.74, 6) is -0.410. The number of aliphatic hydroxyl groups excluding tert-OH is 1. The van der Waals surface area contributed by atoms with Crippen molar-refractivity contribution in [2.45, 2.75) is 18.6 Å². The molecule has 0 bridgehead atoms. The van der Waals surface area contributed by atoms with Crippen molar-refractivity contribution < 1.29 is 14.6 Å². The smallest absolute Gasteiger partial charge is 0.254 e. The van der Waals surface area contributed by atoms with E-state index in [1.165, 1.54) is 5.56 Å². The number of primary amides is 1. The van der Waals surface area contributed by atoms with Crippen molar-refractivity contribution in [2.75, 3.05) is 53.0 Å². The van der Waals surface area contributed by atoms with Gasteiger partial charge in [0.15, 0.2) is 5.69 Å². The van der Waals surface area contributed by atoms with E-state index in [1.54, 1.807) is 0 Å². The largest absolute Gasteiger partial charge is 0.392 e. The van der Waals surface area contributed by atoms with Crippen LogP contribution in [0.4, 0.5) is 5.69 Å². The molecule has 166 valence electrons. The molecule has 2 heterocycles. The first-order valence-corrected chi connectivity index (χ1v) is 11.0. The molecule has 2 aromatic rings. The van der Waals surface area contributed by atoms with Crippen LogP contribution in [0.25, 0.3) is 0 Å². The van der Waals surface area contributed by atoms with Gasteiger partial charge in [0.25, 0.3) is 5.91 Å². The molecule has 2 atom stereocenters. The summed E-state index contributed by atoms with van der Waals surface area (Å²) in [6.07, 6.45) is 0.549. The van der Waals surface area contributed by atoms with Gasteiger partial charge in [-0.2, -0.15) is 0 Å². The highest BCUT2D eigenvalue weighted by Gasteiger charge is 2.44. The molecule has 0 unspecified atom stereocenters. The lowest BCUT2D eigenvalue weighted by molar-refractivity contribution is -0.0952. The Labute approximate surface area is 184 Å². The van der Waals surface area contributed by atoms with Gasteiger partial charge in [-0.1, -0.05) is 42.5 Å². The van der Waals surface area contributed by atoms with Crippen LogP contribution in [0.5, 0.6) is 0 Å². The molecule has 3 N–H and O–H groups in total. The van der Waals surface area contributed by atoms with Gasteiger partial charge in [0.2, 0.25) is 0 Å². The van der Waals surface area contributed by atoms with Crippen molar-refractivity contribution in [1.82, 2.24) is 14.5 Å². The molecular weight excluding hydrogens is 392 g/mol. The zero-order valence-electron chi connectivity index (χ0n) is 18.2. The molecule has 2 aromatic carbocycles. The van der Waals surface area contributed by atoms with Crippen LogP contribution in [0.1, 0.15) is 28.4 Å². The zero-order chi connectivity index (χ0) is 21.8. The number of quaternary nitrogens is 1. The first-order chi connectivity index (χ1) is 15.0. The topological polar surface area (TPSA) is 79.0 Å². The second kappa shape index (κ2) is 9.46. The molecule has 0 saturated carbocycles. The molecule has 4 rings (SSSR count). The molecule has 0 aromatic heterocycles. The monoisotopic (exact) mass is 425 g/mol. The van der Waals surface area contributed by atoms with E-state index in [0.717, 1.165) is 38.3 Å². The molecule has 0 aliphatic carbocycles. The molecular formula is C24H33N4O3+. The summed E-state index contributed by atoms with van der Waals surface area (Å²) < 4.78 is 6.24. The number of nitrogens with two attached hydrogens (primary N) is 1. The average molecular weight is 426 g/mol. The number of morpholine rings is 1. The van der Waals surface area contributed by atoms with Gasteiger partial charge >= 0.3 is 0 Å². The third kappa shape index (κ3) is 4.51. The Hall–Kier alpha value is -2.29. The summed E-state index contributed by atoms with van der Waals surface area (Å²) in [5.41, 5.74) is 8.47. The molecule has 0 spiro atoms. The normalized spacial score (nSPS) is 22.5. The Morgan fingerprint density at radius 2 is 1.87 bits per heavy atom. The Kier molecular flexibility index (Phi) is 6.69. The maximum Gasteiger partial charge on any atom is 0.254 e. The van der Waals surface area contributed by atoms with Gasteiger partial charge in [-0.3, -0.25) is 9.69 Å². The quantitative estimate of drug-likeness (QED) is 0.661. The third-order valence-corrected chi connectivity index (χ3v) is 6.75.